The molecule has 5 aliphatic heterocycles. The van der Waals surface area contributed by atoms with Crippen molar-refractivity contribution >= 4 is 104 Å². The number of carbonyl (C=O) groups excluding carboxylic acids is 12. The number of aromatic amines is 1. The molecule has 11 N–H and O–H groups in total. The van der Waals surface area contributed by atoms with Gasteiger partial charge in [-0.05, 0) is 49.3 Å². The van der Waals surface area contributed by atoms with Crippen molar-refractivity contribution in [1.82, 2.24) is 46.3 Å². The smallest absolute Gasteiger partial charge is 0.253 e. The van der Waals surface area contributed by atoms with Crippen LogP contribution in [-0.2, 0) is 80.5 Å². The SMILES string of the molecule is CC[C@H](C)[C@@H]1CC(=O)CNC(=O)[C@H]2CC(=O)[C@H]([C@@H](C)[C@@H](O)CO)NC(=O)[C@@H]3C[C@@H](O)CN3C(=O)[C@H](CC(N)=O)NC(=O)[C@H](CS(=O)c3[nH]c4c(CS[C@@H]5CCN(C(=O)CCCCCN6C(=O)C=CC6=O)C5)c(OC)ccc4c3C2)NC(=O)CNC1=O. The van der Waals surface area contributed by atoms with Crippen molar-refractivity contribution in [3.05, 3.63) is 35.4 Å². The zero-order valence-electron chi connectivity index (χ0n) is 48.6. The number of ketones is 2. The van der Waals surface area contributed by atoms with Crippen LogP contribution in [0.5, 0.6) is 5.75 Å². The molecular weight excluding hydrogens is 1160 g/mol. The van der Waals surface area contributed by atoms with Crippen LogP contribution in [0.2, 0.25) is 0 Å². The van der Waals surface area contributed by atoms with Crippen molar-refractivity contribution in [2.75, 3.05) is 58.7 Å². The van der Waals surface area contributed by atoms with E-state index in [1.54, 1.807) is 30.9 Å². The molecule has 2 saturated heterocycles. The van der Waals surface area contributed by atoms with Gasteiger partial charge in [-0.1, -0.05) is 33.6 Å². The highest BCUT2D eigenvalue weighted by Gasteiger charge is 2.45. The lowest BCUT2D eigenvalue weighted by Gasteiger charge is -2.32. The van der Waals surface area contributed by atoms with Crippen LogP contribution in [0.15, 0.2) is 29.3 Å². The number of methoxy groups -OCH3 is 1. The van der Waals surface area contributed by atoms with Crippen molar-refractivity contribution < 1.29 is 81.8 Å². The number of primary amides is 1. The fraction of sp³-hybridized carbons (Fsp3) is 0.614. The standard InChI is InChI=1S/C57H78N10O17S2/c1-5-29(2)36-19-32(69)22-59-52(78)31-17-37-35-10-11-44(84-4)38(27-85-34-14-16-65(25-34)47(75)9-7-6-8-15-66-48(76)12-13-49(66)77)51(35)64-56(37)86(83)28-40(61-46(74)23-60-53(36)79)54(80)62-39(21-45(58)73)57(82)67-24-33(70)20-41(67)55(81)63-50(42(71)18-31)30(3)43(72)26-68/h10-13,29-31,33-34,36,39-41,43,50,64,68,70,72H,5-9,14-28H2,1-4H3,(H2,58,73)(H,59,78)(H,60,79)(H,61,74)(H,62,80)(H,63,81)/t29-,30-,31+,33+,34+,36-,39-,40-,41-,43-,50-,86?/m0/s1. The number of aromatic nitrogens is 1. The lowest BCUT2D eigenvalue weighted by Crippen LogP contribution is -2.60. The summed E-state index contributed by atoms with van der Waals surface area (Å²) in [6.07, 6.45) is -0.300. The Labute approximate surface area is 503 Å². The van der Waals surface area contributed by atoms with Gasteiger partial charge in [0, 0.05) is 104 Å². The minimum absolute atomic E-state index is 0.0445. The number of rotatable bonds is 17. The van der Waals surface area contributed by atoms with E-state index < -0.39 is 181 Å². The molecule has 29 heteroatoms. The van der Waals surface area contributed by atoms with E-state index in [1.165, 1.54) is 37.9 Å². The Morgan fingerprint density at radius 2 is 1.60 bits per heavy atom. The van der Waals surface area contributed by atoms with Gasteiger partial charge in [-0.2, -0.15) is 11.8 Å². The minimum atomic E-state index is -2.42. The average Bonchev–Trinajstić information content (AvgIpc) is 1.96. The van der Waals surface area contributed by atoms with Crippen LogP contribution in [0.4, 0.5) is 0 Å². The summed E-state index contributed by atoms with van der Waals surface area (Å²) in [5.41, 5.74) is 6.69. The summed E-state index contributed by atoms with van der Waals surface area (Å²) < 4.78 is 21.3. The molecule has 470 valence electrons. The van der Waals surface area contributed by atoms with E-state index in [4.69, 9.17) is 10.5 Å². The van der Waals surface area contributed by atoms with Gasteiger partial charge in [-0.25, -0.2) is 0 Å². The number of nitrogens with one attached hydrogen (secondary N) is 6. The maximum absolute atomic E-state index is 15.4. The van der Waals surface area contributed by atoms with Crippen LogP contribution in [0, 0.1) is 23.7 Å². The minimum Gasteiger partial charge on any atom is -0.496 e. The highest BCUT2D eigenvalue weighted by atomic mass is 32.2. The summed E-state index contributed by atoms with van der Waals surface area (Å²) in [5.74, 6) is -13.5. The number of aliphatic hydroxyl groups excluding tert-OH is 3. The number of aliphatic hydroxyl groups is 3. The number of H-pyrrole nitrogens is 1. The first-order valence-corrected chi connectivity index (χ1v) is 31.4. The molecule has 2 aromatic rings. The largest absolute Gasteiger partial charge is 0.496 e. The van der Waals surface area contributed by atoms with Crippen LogP contribution in [0.1, 0.15) is 96.1 Å². The number of carbonyl (C=O) groups is 12. The normalized spacial score (nSPS) is 27.0. The van der Waals surface area contributed by atoms with Gasteiger partial charge in [-0.15, -0.1) is 0 Å². The summed E-state index contributed by atoms with van der Waals surface area (Å²) in [5, 5.41) is 44.9. The van der Waals surface area contributed by atoms with Gasteiger partial charge in [0.25, 0.3) is 11.8 Å². The molecule has 2 bridgehead atoms. The first-order valence-electron chi connectivity index (χ1n) is 29.0. The zero-order valence-corrected chi connectivity index (χ0v) is 50.2. The number of ether oxygens (including phenoxy) is 1. The van der Waals surface area contributed by atoms with E-state index in [0.717, 1.165) is 9.80 Å². The van der Waals surface area contributed by atoms with E-state index >= 15 is 9.00 Å². The molecule has 12 atom stereocenters. The van der Waals surface area contributed by atoms with Crippen molar-refractivity contribution in [1.29, 1.82) is 0 Å². The third-order valence-corrected chi connectivity index (χ3v) is 19.5. The van der Waals surface area contributed by atoms with E-state index in [1.807, 2.05) is 0 Å². The van der Waals surface area contributed by atoms with Gasteiger partial charge >= 0.3 is 0 Å². The third kappa shape index (κ3) is 16.3. The molecule has 5 aliphatic rings. The van der Waals surface area contributed by atoms with Gasteiger partial charge < -0.3 is 67.2 Å². The Kier molecular flexibility index (Phi) is 23.2. The second kappa shape index (κ2) is 30.0. The fourth-order valence-corrected chi connectivity index (χ4v) is 14.2. The van der Waals surface area contributed by atoms with Crippen LogP contribution >= 0.6 is 11.8 Å². The van der Waals surface area contributed by atoms with Crippen molar-refractivity contribution in [3.8, 4) is 5.75 Å². The molecular formula is C57H78N10O17S2. The molecule has 10 amide bonds. The molecule has 0 saturated carbocycles. The van der Waals surface area contributed by atoms with Gasteiger partial charge in [0.1, 0.15) is 28.9 Å². The number of hydrogen-bond donors (Lipinski definition) is 10. The topological polar surface area (TPSA) is 404 Å². The second-order valence-electron chi connectivity index (χ2n) is 22.7. The molecule has 0 aliphatic carbocycles. The predicted octanol–water partition coefficient (Wildman–Crippen LogP) is -2.12. The van der Waals surface area contributed by atoms with Crippen molar-refractivity contribution in [2.24, 2.45) is 29.4 Å². The number of thioether (sulfide) groups is 1. The maximum atomic E-state index is 15.4. The number of imide groups is 1. The molecule has 2 fully saturated rings. The summed E-state index contributed by atoms with van der Waals surface area (Å²) in [7, 11) is -0.980. The van der Waals surface area contributed by atoms with E-state index in [0.29, 0.717) is 67.4 Å². The third-order valence-electron chi connectivity index (χ3n) is 16.8. The number of hydrogen-bond acceptors (Lipinski definition) is 18. The van der Waals surface area contributed by atoms with Crippen LogP contribution in [0.25, 0.3) is 10.9 Å². The van der Waals surface area contributed by atoms with Crippen LogP contribution in [-0.4, -0.2) is 210 Å². The molecule has 1 aromatic heterocycles. The molecule has 6 heterocycles. The number of benzene rings is 1. The molecule has 0 spiro atoms. The lowest BCUT2D eigenvalue weighted by molar-refractivity contribution is -0.144. The summed E-state index contributed by atoms with van der Waals surface area (Å²) in [6.45, 7) is 3.26. The number of unbranched alkanes of at least 4 members (excludes halogenated alkanes) is 2. The molecule has 7 rings (SSSR count). The Hall–Kier alpha value is -7.08. The first-order chi connectivity index (χ1) is 40.9. The molecule has 86 heavy (non-hydrogen) atoms. The average molecular weight is 1240 g/mol. The Morgan fingerprint density at radius 1 is 0.884 bits per heavy atom. The highest BCUT2D eigenvalue weighted by molar-refractivity contribution is 7.99. The fourth-order valence-electron chi connectivity index (χ4n) is 11.5. The van der Waals surface area contributed by atoms with Crippen molar-refractivity contribution in [3.63, 3.8) is 0 Å². The quantitative estimate of drug-likeness (QED) is 0.0598. The predicted molar refractivity (Wildman–Crippen MR) is 310 cm³/mol. The summed E-state index contributed by atoms with van der Waals surface area (Å²) in [4.78, 5) is 172. The number of nitrogens with zero attached hydrogens (tertiary/aromatic N) is 3. The summed E-state index contributed by atoms with van der Waals surface area (Å²) in [6, 6.07) is -3.68. The van der Waals surface area contributed by atoms with E-state index in [2.05, 4.69) is 31.6 Å². The highest BCUT2D eigenvalue weighted by Crippen LogP contribution is 2.39. The monoisotopic (exact) mass is 1240 g/mol. The Bertz CT molecular complexity index is 3010. The maximum Gasteiger partial charge on any atom is 0.253 e. The van der Waals surface area contributed by atoms with E-state index in [9.17, 15) is 68.1 Å². The number of fused-ring (bicyclic) bond motifs is 5. The van der Waals surface area contributed by atoms with Gasteiger partial charge in [0.2, 0.25) is 47.3 Å². The Morgan fingerprint density at radius 3 is 2.29 bits per heavy atom. The second-order valence-corrected chi connectivity index (χ2v) is 25.5. The number of nitrogens with two attached hydrogens (primary N) is 1. The van der Waals surface area contributed by atoms with E-state index in [-0.39, 0.29) is 58.7 Å². The van der Waals surface area contributed by atoms with Gasteiger partial charge in [-0.3, -0.25) is 66.6 Å². The molecule has 0 radical (unpaired) electrons. The lowest BCUT2D eigenvalue weighted by atomic mass is 9.85. The number of likely N-dealkylation sites (tertiary alicyclic amines) is 1. The van der Waals surface area contributed by atoms with Crippen LogP contribution in [0.3, 0.4) is 0 Å². The van der Waals surface area contributed by atoms with Crippen LogP contribution < -0.4 is 37.1 Å². The van der Waals surface area contributed by atoms with Crippen molar-refractivity contribution in [2.45, 2.75) is 144 Å². The molecule has 1 aromatic carbocycles. The Balaban J connectivity index is 1.30. The number of amides is 10. The molecule has 1 unspecified atom stereocenters. The first kappa shape index (κ1) is 66.4. The van der Waals surface area contributed by atoms with Gasteiger partial charge in [0.15, 0.2) is 11.6 Å². The van der Waals surface area contributed by atoms with Gasteiger partial charge in [0.05, 0.1) is 73.5 Å². The molecule has 27 nitrogen and oxygen atoms in total. The zero-order chi connectivity index (χ0) is 62.7. The summed E-state index contributed by atoms with van der Waals surface area (Å²) >= 11 is 1.52. The number of Topliss-reactive ketones (excluding diaryl/α,β-unsaturated/α-hetero) is 2.